The summed E-state index contributed by atoms with van der Waals surface area (Å²) in [5.41, 5.74) is 3.09. The highest BCUT2D eigenvalue weighted by molar-refractivity contribution is 5.75. The monoisotopic (exact) mass is 270 g/mol. The van der Waals surface area contributed by atoms with Gasteiger partial charge in [0.1, 0.15) is 17.4 Å². The van der Waals surface area contributed by atoms with Gasteiger partial charge in [0.2, 0.25) is 0 Å². The number of ether oxygens (including phenoxy) is 1. The fourth-order valence-corrected chi connectivity index (χ4v) is 2.11. The maximum absolute atomic E-state index is 12.9. The Balaban J connectivity index is 1.84. The van der Waals surface area contributed by atoms with Crippen molar-refractivity contribution in [2.75, 3.05) is 0 Å². The normalized spacial score (nSPS) is 12.6. The third-order valence-corrected chi connectivity index (χ3v) is 3.17. The van der Waals surface area contributed by atoms with Crippen LogP contribution in [0.4, 0.5) is 4.39 Å². The molecule has 3 nitrogen and oxygen atoms in total. The predicted octanol–water partition coefficient (Wildman–Crippen LogP) is 4.15. The van der Waals surface area contributed by atoms with Gasteiger partial charge in [0, 0.05) is 0 Å². The van der Waals surface area contributed by atoms with E-state index in [1.165, 1.54) is 17.7 Å². The molecule has 0 saturated heterocycles. The number of rotatable bonds is 3. The minimum atomic E-state index is -0.274. The number of nitrogens with one attached hydrogen (secondary N) is 1. The van der Waals surface area contributed by atoms with Crippen LogP contribution in [0.15, 0.2) is 42.5 Å². The van der Waals surface area contributed by atoms with Gasteiger partial charge in [-0.05, 0) is 55.8 Å². The molecule has 0 saturated carbocycles. The Morgan fingerprint density at radius 2 is 1.90 bits per heavy atom. The SMILES string of the molecule is Cc1ccc2nc([C@@H](C)Oc3ccc(F)cc3)[nH]c2c1. The van der Waals surface area contributed by atoms with Gasteiger partial charge in [-0.1, -0.05) is 6.07 Å². The van der Waals surface area contributed by atoms with Crippen molar-refractivity contribution in [1.29, 1.82) is 0 Å². The number of aromatic nitrogens is 2. The Morgan fingerprint density at radius 1 is 1.15 bits per heavy atom. The third-order valence-electron chi connectivity index (χ3n) is 3.17. The van der Waals surface area contributed by atoms with Crippen LogP contribution in [0, 0.1) is 12.7 Å². The quantitative estimate of drug-likeness (QED) is 0.776. The second-order valence-electron chi connectivity index (χ2n) is 4.86. The third kappa shape index (κ3) is 2.50. The number of fused-ring (bicyclic) bond motifs is 1. The zero-order valence-corrected chi connectivity index (χ0v) is 11.4. The minimum absolute atomic E-state index is 0.229. The zero-order valence-electron chi connectivity index (χ0n) is 11.4. The molecule has 0 amide bonds. The number of nitrogens with zero attached hydrogens (tertiary/aromatic N) is 1. The zero-order chi connectivity index (χ0) is 14.1. The van der Waals surface area contributed by atoms with E-state index >= 15 is 0 Å². The highest BCUT2D eigenvalue weighted by Gasteiger charge is 2.12. The molecular formula is C16H15FN2O. The molecule has 102 valence electrons. The molecule has 3 rings (SSSR count). The Bertz CT molecular complexity index is 734. The topological polar surface area (TPSA) is 37.9 Å². The Kier molecular flexibility index (Phi) is 3.14. The lowest BCUT2D eigenvalue weighted by molar-refractivity contribution is 0.217. The van der Waals surface area contributed by atoms with Gasteiger partial charge in [0.15, 0.2) is 6.10 Å². The molecule has 3 aromatic rings. The van der Waals surface area contributed by atoms with Crippen LogP contribution in [0.2, 0.25) is 0 Å². The summed E-state index contributed by atoms with van der Waals surface area (Å²) in [7, 11) is 0. The van der Waals surface area contributed by atoms with Crippen LogP contribution < -0.4 is 4.74 Å². The van der Waals surface area contributed by atoms with Crippen molar-refractivity contribution in [3.8, 4) is 5.75 Å². The molecule has 0 spiro atoms. The van der Waals surface area contributed by atoms with Gasteiger partial charge in [0.25, 0.3) is 0 Å². The molecule has 1 atom stereocenters. The second kappa shape index (κ2) is 4.96. The number of halogens is 1. The average molecular weight is 270 g/mol. The summed E-state index contributed by atoms with van der Waals surface area (Å²) in [6, 6.07) is 12.0. The van der Waals surface area contributed by atoms with E-state index in [1.807, 2.05) is 26.0 Å². The molecule has 2 aromatic carbocycles. The maximum atomic E-state index is 12.9. The van der Waals surface area contributed by atoms with Crippen molar-refractivity contribution in [2.45, 2.75) is 20.0 Å². The highest BCUT2D eigenvalue weighted by atomic mass is 19.1. The number of hydrogen-bond donors (Lipinski definition) is 1. The summed E-state index contributed by atoms with van der Waals surface area (Å²) in [5, 5.41) is 0. The number of H-pyrrole nitrogens is 1. The van der Waals surface area contributed by atoms with Gasteiger partial charge in [-0.15, -0.1) is 0 Å². The lowest BCUT2D eigenvalue weighted by Crippen LogP contribution is -2.04. The molecule has 0 radical (unpaired) electrons. The van der Waals surface area contributed by atoms with E-state index in [4.69, 9.17) is 4.74 Å². The molecule has 0 aliphatic carbocycles. The first-order chi connectivity index (χ1) is 9.61. The van der Waals surface area contributed by atoms with Crippen molar-refractivity contribution in [3.63, 3.8) is 0 Å². The van der Waals surface area contributed by atoms with Crippen molar-refractivity contribution in [2.24, 2.45) is 0 Å². The molecular weight excluding hydrogens is 255 g/mol. The first kappa shape index (κ1) is 12.7. The molecule has 1 heterocycles. The van der Waals surface area contributed by atoms with E-state index in [0.29, 0.717) is 5.75 Å². The van der Waals surface area contributed by atoms with E-state index in [1.54, 1.807) is 12.1 Å². The smallest absolute Gasteiger partial charge is 0.153 e. The number of aryl methyl sites for hydroxylation is 1. The highest BCUT2D eigenvalue weighted by Crippen LogP contribution is 2.22. The van der Waals surface area contributed by atoms with Crippen LogP contribution in [0.3, 0.4) is 0 Å². The maximum Gasteiger partial charge on any atom is 0.153 e. The summed E-state index contributed by atoms with van der Waals surface area (Å²) in [6.45, 7) is 3.95. The van der Waals surface area contributed by atoms with Crippen molar-refractivity contribution < 1.29 is 9.13 Å². The van der Waals surface area contributed by atoms with Gasteiger partial charge >= 0.3 is 0 Å². The fourth-order valence-electron chi connectivity index (χ4n) is 2.11. The molecule has 1 aromatic heterocycles. The summed E-state index contributed by atoms with van der Waals surface area (Å²) in [6.07, 6.45) is -0.229. The molecule has 0 fully saturated rings. The molecule has 4 heteroatoms. The van der Waals surface area contributed by atoms with Crippen LogP contribution in [0.25, 0.3) is 11.0 Å². The number of hydrogen-bond acceptors (Lipinski definition) is 2. The number of aromatic amines is 1. The van der Waals surface area contributed by atoms with Gasteiger partial charge in [-0.2, -0.15) is 0 Å². The van der Waals surface area contributed by atoms with Crippen molar-refractivity contribution in [3.05, 3.63) is 59.7 Å². The molecule has 1 N–H and O–H groups in total. The number of benzene rings is 2. The van der Waals surface area contributed by atoms with E-state index in [-0.39, 0.29) is 11.9 Å². The van der Waals surface area contributed by atoms with Crippen LogP contribution in [-0.4, -0.2) is 9.97 Å². The summed E-state index contributed by atoms with van der Waals surface area (Å²) >= 11 is 0. The van der Waals surface area contributed by atoms with Crippen molar-refractivity contribution in [1.82, 2.24) is 9.97 Å². The Hall–Kier alpha value is -2.36. The first-order valence-corrected chi connectivity index (χ1v) is 6.50. The Labute approximate surface area is 116 Å². The Morgan fingerprint density at radius 3 is 2.65 bits per heavy atom. The molecule has 0 unspecified atom stereocenters. The van der Waals surface area contributed by atoms with Crippen LogP contribution in [0.5, 0.6) is 5.75 Å². The van der Waals surface area contributed by atoms with E-state index in [2.05, 4.69) is 16.0 Å². The standard InChI is InChI=1S/C16H15FN2O/c1-10-3-8-14-15(9-10)19-16(18-14)11(2)20-13-6-4-12(17)5-7-13/h3-9,11H,1-2H3,(H,18,19)/t11-/m1/s1. The van der Waals surface area contributed by atoms with E-state index in [9.17, 15) is 4.39 Å². The lowest BCUT2D eigenvalue weighted by atomic mass is 10.2. The largest absolute Gasteiger partial charge is 0.483 e. The van der Waals surface area contributed by atoms with Crippen LogP contribution >= 0.6 is 0 Å². The van der Waals surface area contributed by atoms with E-state index in [0.717, 1.165) is 16.9 Å². The number of imidazole rings is 1. The minimum Gasteiger partial charge on any atom is -0.483 e. The summed E-state index contributed by atoms with van der Waals surface area (Å²) in [4.78, 5) is 7.77. The fraction of sp³-hybridized carbons (Fsp3) is 0.188. The summed E-state index contributed by atoms with van der Waals surface area (Å²) < 4.78 is 18.6. The molecule has 0 bridgehead atoms. The van der Waals surface area contributed by atoms with Crippen molar-refractivity contribution >= 4 is 11.0 Å². The summed E-state index contributed by atoms with van der Waals surface area (Å²) in [5.74, 6) is 1.11. The van der Waals surface area contributed by atoms with Crippen LogP contribution in [-0.2, 0) is 0 Å². The van der Waals surface area contributed by atoms with E-state index < -0.39 is 0 Å². The van der Waals surface area contributed by atoms with Gasteiger partial charge in [0.05, 0.1) is 11.0 Å². The van der Waals surface area contributed by atoms with Gasteiger partial charge in [-0.3, -0.25) is 0 Å². The average Bonchev–Trinajstić information content (AvgIpc) is 2.84. The van der Waals surface area contributed by atoms with Crippen LogP contribution in [0.1, 0.15) is 24.4 Å². The molecule has 0 aliphatic heterocycles. The van der Waals surface area contributed by atoms with Gasteiger partial charge < -0.3 is 9.72 Å². The molecule has 0 aliphatic rings. The molecule has 20 heavy (non-hydrogen) atoms. The lowest BCUT2D eigenvalue weighted by Gasteiger charge is -2.12. The van der Waals surface area contributed by atoms with Gasteiger partial charge in [-0.25, -0.2) is 9.37 Å². The second-order valence-corrected chi connectivity index (χ2v) is 4.86. The first-order valence-electron chi connectivity index (χ1n) is 6.50. The predicted molar refractivity (Wildman–Crippen MR) is 76.3 cm³/mol.